The molecule has 1 unspecified atom stereocenters. The highest BCUT2D eigenvalue weighted by Crippen LogP contribution is 2.59. The minimum absolute atomic E-state index is 0.0855. The number of carbonyl (C=O) groups is 2. The van der Waals surface area contributed by atoms with Crippen molar-refractivity contribution in [3.63, 3.8) is 0 Å². The Kier molecular flexibility index (Phi) is 7.03. The number of hydrogen-bond acceptors (Lipinski definition) is 5. The van der Waals surface area contributed by atoms with E-state index in [1.54, 1.807) is 6.20 Å². The summed E-state index contributed by atoms with van der Waals surface area (Å²) in [4.78, 5) is 33.1. The fourth-order valence-electron chi connectivity index (χ4n) is 7.10. The maximum Gasteiger partial charge on any atom is 0.312 e. The predicted molar refractivity (Wildman–Crippen MR) is 167 cm³/mol. The van der Waals surface area contributed by atoms with Crippen molar-refractivity contribution in [1.82, 2.24) is 20.1 Å². The van der Waals surface area contributed by atoms with Gasteiger partial charge in [-0.3, -0.25) is 14.3 Å². The van der Waals surface area contributed by atoms with E-state index in [0.29, 0.717) is 37.7 Å². The number of hydrogen-bond donors (Lipinski definition) is 1. The Labute approximate surface area is 255 Å². The van der Waals surface area contributed by atoms with Gasteiger partial charge in [-0.1, -0.05) is 46.3 Å². The number of pyridine rings is 1. The number of rotatable bonds is 5. The van der Waals surface area contributed by atoms with Crippen LogP contribution in [-0.2, 0) is 16.6 Å². The van der Waals surface area contributed by atoms with E-state index in [4.69, 9.17) is 9.72 Å². The van der Waals surface area contributed by atoms with Crippen molar-refractivity contribution in [2.45, 2.75) is 76.9 Å². The molecule has 3 aliphatic carbocycles. The number of amides is 1. The van der Waals surface area contributed by atoms with Gasteiger partial charge in [-0.2, -0.15) is 5.10 Å². The van der Waals surface area contributed by atoms with E-state index >= 15 is 0 Å². The molecular formula is C34H37BrN4O3. The highest BCUT2D eigenvalue weighted by atomic mass is 79.9. The highest BCUT2D eigenvalue weighted by Gasteiger charge is 2.60. The third-order valence-corrected chi connectivity index (χ3v) is 9.73. The molecule has 1 atom stereocenters. The number of nitrogens with zero attached hydrogens (tertiary/aromatic N) is 3. The topological polar surface area (TPSA) is 86.1 Å². The van der Waals surface area contributed by atoms with Crippen LogP contribution in [0, 0.1) is 12.3 Å². The molecule has 4 aromatic rings. The summed E-state index contributed by atoms with van der Waals surface area (Å²) >= 11 is 3.60. The highest BCUT2D eigenvalue weighted by molar-refractivity contribution is 9.10. The fraction of sp³-hybridized carbons (Fsp3) is 0.412. The summed E-state index contributed by atoms with van der Waals surface area (Å²) < 4.78 is 8.71. The summed E-state index contributed by atoms with van der Waals surface area (Å²) in [6, 6.07) is 17.9. The van der Waals surface area contributed by atoms with Gasteiger partial charge in [0, 0.05) is 45.8 Å². The maximum atomic E-state index is 14.6. The van der Waals surface area contributed by atoms with Gasteiger partial charge in [-0.25, -0.2) is 4.98 Å². The summed E-state index contributed by atoms with van der Waals surface area (Å²) in [5.74, 6) is -0.332. The Morgan fingerprint density at radius 3 is 2.40 bits per heavy atom. The molecule has 218 valence electrons. The van der Waals surface area contributed by atoms with Crippen LogP contribution in [0.2, 0.25) is 0 Å². The van der Waals surface area contributed by atoms with Crippen LogP contribution in [0.4, 0.5) is 0 Å². The van der Waals surface area contributed by atoms with Crippen LogP contribution in [0.3, 0.4) is 0 Å². The molecule has 0 aliphatic heterocycles. The molecule has 3 fully saturated rings. The lowest BCUT2D eigenvalue weighted by Crippen LogP contribution is -2.63. The third-order valence-electron chi connectivity index (χ3n) is 9.24. The minimum Gasteiger partial charge on any atom is -0.460 e. The van der Waals surface area contributed by atoms with Crippen molar-refractivity contribution < 1.29 is 14.3 Å². The zero-order valence-electron chi connectivity index (χ0n) is 24.8. The zero-order chi connectivity index (χ0) is 29.9. The van der Waals surface area contributed by atoms with Crippen molar-refractivity contribution in [2.24, 2.45) is 12.5 Å². The molecule has 1 N–H and O–H groups in total. The first-order chi connectivity index (χ1) is 19.9. The second-order valence-electron chi connectivity index (χ2n) is 13.0. The van der Waals surface area contributed by atoms with Gasteiger partial charge in [0.25, 0.3) is 5.91 Å². The fourth-order valence-corrected chi connectivity index (χ4v) is 7.46. The van der Waals surface area contributed by atoms with Crippen molar-refractivity contribution in [3.05, 3.63) is 82.1 Å². The number of benzene rings is 2. The van der Waals surface area contributed by atoms with Crippen molar-refractivity contribution in [2.75, 3.05) is 0 Å². The Balaban J connectivity index is 1.43. The van der Waals surface area contributed by atoms with Gasteiger partial charge in [-0.15, -0.1) is 0 Å². The monoisotopic (exact) mass is 628 g/mol. The van der Waals surface area contributed by atoms with Gasteiger partial charge < -0.3 is 10.1 Å². The molecule has 0 spiro atoms. The Bertz CT molecular complexity index is 1680. The molecule has 2 aromatic heterocycles. The lowest BCUT2D eigenvalue weighted by Gasteiger charge is -2.57. The molecule has 3 aliphatic rings. The van der Waals surface area contributed by atoms with E-state index in [1.807, 2.05) is 94.0 Å². The number of aromatic nitrogens is 3. The second-order valence-corrected chi connectivity index (χ2v) is 13.9. The molecule has 2 heterocycles. The lowest BCUT2D eigenvalue weighted by atomic mass is 9.52. The smallest absolute Gasteiger partial charge is 0.312 e. The van der Waals surface area contributed by atoms with Gasteiger partial charge in [0.15, 0.2) is 0 Å². The quantitative estimate of drug-likeness (QED) is 0.235. The van der Waals surface area contributed by atoms with E-state index in [9.17, 15) is 9.59 Å². The molecule has 1 amide bonds. The number of halogens is 1. The maximum absolute atomic E-state index is 14.6. The van der Waals surface area contributed by atoms with E-state index in [2.05, 4.69) is 26.3 Å². The summed E-state index contributed by atoms with van der Waals surface area (Å²) in [6.45, 7) is 7.73. The van der Waals surface area contributed by atoms with Crippen LogP contribution in [0.25, 0.3) is 22.2 Å². The largest absolute Gasteiger partial charge is 0.460 e. The first-order valence-corrected chi connectivity index (χ1v) is 15.4. The van der Waals surface area contributed by atoms with Gasteiger partial charge in [0.1, 0.15) is 5.60 Å². The molecule has 42 heavy (non-hydrogen) atoms. The van der Waals surface area contributed by atoms with E-state index in [-0.39, 0.29) is 17.8 Å². The predicted octanol–water partition coefficient (Wildman–Crippen LogP) is 7.26. The number of carbonyl (C=O) groups excluding carboxylic acids is 2. The summed E-state index contributed by atoms with van der Waals surface area (Å²) in [6.07, 6.45) is 5.12. The Morgan fingerprint density at radius 2 is 1.76 bits per heavy atom. The summed E-state index contributed by atoms with van der Waals surface area (Å²) in [5.41, 5.74) is 3.38. The van der Waals surface area contributed by atoms with Gasteiger partial charge in [0.2, 0.25) is 0 Å². The average molecular weight is 630 g/mol. The molecule has 3 saturated carbocycles. The number of nitrogens with one attached hydrogen (secondary N) is 1. The van der Waals surface area contributed by atoms with Crippen LogP contribution in [-0.4, -0.2) is 37.8 Å². The first-order valence-electron chi connectivity index (χ1n) is 14.6. The molecule has 7 nitrogen and oxygen atoms in total. The van der Waals surface area contributed by atoms with Crippen LogP contribution in [0.5, 0.6) is 0 Å². The van der Waals surface area contributed by atoms with Crippen LogP contribution >= 0.6 is 15.9 Å². The van der Waals surface area contributed by atoms with E-state index in [0.717, 1.165) is 37.9 Å². The van der Waals surface area contributed by atoms with Crippen molar-refractivity contribution in [3.8, 4) is 11.3 Å². The third kappa shape index (κ3) is 4.93. The molecule has 8 heteroatoms. The van der Waals surface area contributed by atoms with Crippen LogP contribution < -0.4 is 5.32 Å². The number of fused-ring (bicyclic) bond motifs is 4. The second kappa shape index (κ2) is 10.3. The zero-order valence-corrected chi connectivity index (χ0v) is 26.4. The minimum atomic E-state index is -0.570. The summed E-state index contributed by atoms with van der Waals surface area (Å²) in [7, 11) is 1.93. The SMILES string of the molecule is Cc1c(-c2ccccc2)nc2ccc(Br)cc2c1C(=O)NC12CCC(C(=O)OC(C)(C)C)(CC1)CC2c1ccnn1C. The molecule has 0 saturated heterocycles. The van der Waals surface area contributed by atoms with Gasteiger partial charge in [-0.05, 0) is 89.6 Å². The van der Waals surface area contributed by atoms with E-state index < -0.39 is 16.6 Å². The molecule has 2 bridgehead atoms. The first kappa shape index (κ1) is 28.6. The van der Waals surface area contributed by atoms with Crippen molar-refractivity contribution in [1.29, 1.82) is 0 Å². The molecule has 0 radical (unpaired) electrons. The number of esters is 1. The van der Waals surface area contributed by atoms with Gasteiger partial charge >= 0.3 is 5.97 Å². The van der Waals surface area contributed by atoms with Crippen LogP contribution in [0.15, 0.2) is 65.3 Å². The lowest BCUT2D eigenvalue weighted by molar-refractivity contribution is -0.176. The van der Waals surface area contributed by atoms with Crippen molar-refractivity contribution >= 4 is 38.7 Å². The van der Waals surface area contributed by atoms with Crippen LogP contribution in [0.1, 0.15) is 80.4 Å². The standard InChI is InChI=1S/C34H37BrN4O3/c1-21-28(24-19-23(35)11-12-26(24)37-29(21)22-9-7-6-8-10-22)30(40)38-34-16-14-33(15-17-34,31(41)42-32(2,3)4)20-25(34)27-13-18-36-39(27)5/h6-13,18-19,25H,14-17,20H2,1-5H3,(H,38,40). The number of aryl methyl sites for hydroxylation is 1. The number of ether oxygens (including phenoxy) is 1. The molecule has 2 aromatic carbocycles. The normalized spacial score (nSPS) is 23.6. The molecular weight excluding hydrogens is 592 g/mol. The average Bonchev–Trinajstić information content (AvgIpc) is 3.38. The van der Waals surface area contributed by atoms with Gasteiger partial charge in [0.05, 0.1) is 22.2 Å². The van der Waals surface area contributed by atoms with E-state index in [1.165, 1.54) is 0 Å². The Morgan fingerprint density at radius 1 is 1.05 bits per heavy atom. The Hall–Kier alpha value is -3.52. The summed E-state index contributed by atoms with van der Waals surface area (Å²) in [5, 5.41) is 8.82. The molecule has 7 rings (SSSR count).